The summed E-state index contributed by atoms with van der Waals surface area (Å²) in [6, 6.07) is 4.59. The smallest absolute Gasteiger partial charge is 0.395 e. The van der Waals surface area contributed by atoms with Gasteiger partial charge in [0.15, 0.2) is 11.5 Å². The van der Waals surface area contributed by atoms with Crippen LogP contribution < -0.4 is 20.1 Å². The number of alkyl halides is 2. The lowest BCUT2D eigenvalue weighted by Gasteiger charge is -2.31. The highest BCUT2D eigenvalue weighted by Crippen LogP contribution is 2.42. The Hall–Kier alpha value is -1.64. The molecule has 2 aliphatic rings. The third-order valence-electron chi connectivity index (χ3n) is 3.97. The largest absolute Gasteiger partial charge is 0.586 e. The van der Waals surface area contributed by atoms with E-state index in [0.717, 1.165) is 25.9 Å². The van der Waals surface area contributed by atoms with Crippen molar-refractivity contribution in [2.24, 2.45) is 0 Å². The van der Waals surface area contributed by atoms with Gasteiger partial charge in [-0.05, 0) is 38.6 Å². The maximum Gasteiger partial charge on any atom is 0.586 e. The Kier molecular flexibility index (Phi) is 5.84. The first-order valence-electron chi connectivity index (χ1n) is 7.54. The van der Waals surface area contributed by atoms with Gasteiger partial charge in [-0.15, -0.1) is 21.2 Å². The highest BCUT2D eigenvalue weighted by atomic mass is 35.5. The molecule has 1 fully saturated rings. The van der Waals surface area contributed by atoms with Crippen LogP contribution in [0.15, 0.2) is 18.2 Å². The number of piperidine rings is 1. The lowest BCUT2D eigenvalue weighted by Crippen LogP contribution is -2.46. The Morgan fingerprint density at radius 3 is 2.88 bits per heavy atom. The highest BCUT2D eigenvalue weighted by Gasteiger charge is 2.43. The number of carbonyl (C=O) groups excluding carboxylic acids is 1. The highest BCUT2D eigenvalue weighted by molar-refractivity contribution is 5.92. The molecule has 1 atom stereocenters. The van der Waals surface area contributed by atoms with Crippen molar-refractivity contribution in [1.82, 2.24) is 10.2 Å². The number of carbonyl (C=O) groups is 1. The van der Waals surface area contributed by atoms with Crippen molar-refractivity contribution in [3.8, 4) is 11.5 Å². The third-order valence-corrected chi connectivity index (χ3v) is 3.97. The van der Waals surface area contributed by atoms with Gasteiger partial charge in [0.05, 0.1) is 6.54 Å². The van der Waals surface area contributed by atoms with E-state index in [-0.39, 0.29) is 36.4 Å². The van der Waals surface area contributed by atoms with Crippen LogP contribution in [0.3, 0.4) is 0 Å². The Balaban J connectivity index is 0.00000208. The fraction of sp³-hybridized carbons (Fsp3) is 0.533. The predicted molar refractivity (Wildman–Crippen MR) is 87.0 cm³/mol. The molecule has 3 rings (SSSR count). The summed E-state index contributed by atoms with van der Waals surface area (Å²) in [5.41, 5.74) is 0.400. The summed E-state index contributed by atoms with van der Waals surface area (Å²) in [7, 11) is 1.91. The Morgan fingerprint density at radius 2 is 2.12 bits per heavy atom. The number of hydrogen-bond donors (Lipinski definition) is 2. The number of ether oxygens (including phenoxy) is 2. The second-order valence-electron chi connectivity index (χ2n) is 5.74. The van der Waals surface area contributed by atoms with Gasteiger partial charge in [0.1, 0.15) is 0 Å². The first-order valence-corrected chi connectivity index (χ1v) is 7.54. The number of amides is 1. The maximum absolute atomic E-state index is 13.0. The molecule has 0 saturated carbocycles. The molecule has 1 aromatic carbocycles. The van der Waals surface area contributed by atoms with Gasteiger partial charge < -0.3 is 20.1 Å². The van der Waals surface area contributed by atoms with Crippen LogP contribution in [0.1, 0.15) is 12.8 Å². The number of likely N-dealkylation sites (N-methyl/N-ethyl adjacent to an activating group) is 1. The van der Waals surface area contributed by atoms with Gasteiger partial charge in [-0.25, -0.2) is 0 Å². The number of nitrogens with one attached hydrogen (secondary N) is 2. The number of benzene rings is 1. The Labute approximate surface area is 144 Å². The molecule has 2 N–H and O–H groups in total. The Bertz CT molecular complexity index is 603. The first kappa shape index (κ1) is 18.7. The molecule has 2 heterocycles. The molecule has 1 saturated heterocycles. The zero-order chi connectivity index (χ0) is 16.4. The van der Waals surface area contributed by atoms with Crippen LogP contribution in [-0.4, -0.2) is 49.8 Å². The van der Waals surface area contributed by atoms with E-state index in [1.807, 2.05) is 7.05 Å². The summed E-state index contributed by atoms with van der Waals surface area (Å²) in [5, 5.41) is 5.92. The molecular weight excluding hydrogens is 344 g/mol. The van der Waals surface area contributed by atoms with Gasteiger partial charge in [0.2, 0.25) is 5.91 Å². The number of rotatable bonds is 4. The molecule has 6 nitrogen and oxygen atoms in total. The molecule has 0 bridgehead atoms. The van der Waals surface area contributed by atoms with E-state index in [4.69, 9.17) is 0 Å². The summed E-state index contributed by atoms with van der Waals surface area (Å²) in [5.74, 6) is -0.311. The number of hydrogen-bond acceptors (Lipinski definition) is 5. The van der Waals surface area contributed by atoms with Crippen LogP contribution in [0.5, 0.6) is 11.5 Å². The van der Waals surface area contributed by atoms with E-state index in [1.54, 1.807) is 0 Å². The molecule has 0 spiro atoms. The minimum absolute atomic E-state index is 0. The van der Waals surface area contributed by atoms with Crippen LogP contribution in [-0.2, 0) is 4.79 Å². The monoisotopic (exact) mass is 363 g/mol. The van der Waals surface area contributed by atoms with Gasteiger partial charge in [0, 0.05) is 24.3 Å². The number of halogens is 3. The number of likely N-dealkylation sites (tertiary alicyclic amines) is 1. The van der Waals surface area contributed by atoms with Gasteiger partial charge in [-0.2, -0.15) is 0 Å². The molecular formula is C15H20ClF2N3O3. The maximum atomic E-state index is 13.0. The molecule has 1 amide bonds. The normalized spacial score (nSPS) is 21.9. The minimum Gasteiger partial charge on any atom is -0.395 e. The van der Waals surface area contributed by atoms with Crippen LogP contribution in [0.2, 0.25) is 0 Å². The lowest BCUT2D eigenvalue weighted by molar-refractivity contribution is -0.286. The summed E-state index contributed by atoms with van der Waals surface area (Å²) in [6.45, 7) is 1.96. The Morgan fingerprint density at radius 1 is 1.38 bits per heavy atom. The molecule has 0 radical (unpaired) electrons. The first-order chi connectivity index (χ1) is 10.9. The van der Waals surface area contributed by atoms with Gasteiger partial charge in [-0.3, -0.25) is 9.69 Å². The summed E-state index contributed by atoms with van der Waals surface area (Å²) < 4.78 is 34.6. The van der Waals surface area contributed by atoms with Gasteiger partial charge in [-0.1, -0.05) is 0 Å². The van der Waals surface area contributed by atoms with Crippen LogP contribution >= 0.6 is 12.4 Å². The lowest BCUT2D eigenvalue weighted by atomic mass is 10.1. The van der Waals surface area contributed by atoms with Crippen molar-refractivity contribution in [3.05, 3.63) is 18.2 Å². The second-order valence-corrected chi connectivity index (χ2v) is 5.74. The summed E-state index contributed by atoms with van der Waals surface area (Å²) >= 11 is 0. The van der Waals surface area contributed by atoms with Gasteiger partial charge >= 0.3 is 6.29 Å². The van der Waals surface area contributed by atoms with Crippen LogP contribution in [0, 0.1) is 0 Å². The van der Waals surface area contributed by atoms with Crippen molar-refractivity contribution in [3.63, 3.8) is 0 Å². The van der Waals surface area contributed by atoms with E-state index in [2.05, 4.69) is 25.0 Å². The van der Waals surface area contributed by atoms with E-state index >= 15 is 0 Å². The van der Waals surface area contributed by atoms with Crippen molar-refractivity contribution >= 4 is 24.0 Å². The fourth-order valence-electron chi connectivity index (χ4n) is 2.87. The minimum atomic E-state index is -3.65. The molecule has 0 aliphatic carbocycles. The number of nitrogens with zero attached hydrogens (tertiary/aromatic N) is 1. The predicted octanol–water partition coefficient (Wildman–Crippen LogP) is 2.05. The quantitative estimate of drug-likeness (QED) is 0.857. The van der Waals surface area contributed by atoms with Crippen LogP contribution in [0.4, 0.5) is 14.5 Å². The molecule has 0 aromatic heterocycles. The van der Waals surface area contributed by atoms with Gasteiger partial charge in [0.25, 0.3) is 0 Å². The average molecular weight is 364 g/mol. The topological polar surface area (TPSA) is 62.8 Å². The molecule has 9 heteroatoms. The van der Waals surface area contributed by atoms with Crippen molar-refractivity contribution in [2.45, 2.75) is 25.2 Å². The average Bonchev–Trinajstić information content (AvgIpc) is 2.80. The third kappa shape index (κ3) is 4.46. The van der Waals surface area contributed by atoms with Crippen molar-refractivity contribution < 1.29 is 23.0 Å². The zero-order valence-electron chi connectivity index (χ0n) is 13.2. The molecule has 1 unspecified atom stereocenters. The molecule has 1 aromatic rings. The van der Waals surface area contributed by atoms with E-state index in [0.29, 0.717) is 11.7 Å². The molecule has 2 aliphatic heterocycles. The van der Waals surface area contributed by atoms with Crippen molar-refractivity contribution in [1.29, 1.82) is 0 Å². The summed E-state index contributed by atoms with van der Waals surface area (Å²) in [6.07, 6.45) is -1.51. The van der Waals surface area contributed by atoms with E-state index in [9.17, 15) is 13.6 Å². The summed E-state index contributed by atoms with van der Waals surface area (Å²) in [4.78, 5) is 14.2. The fourth-order valence-corrected chi connectivity index (χ4v) is 2.87. The standard InChI is InChI=1S/C15H19F2N3O3.ClH/c1-18-11-3-2-6-20(8-11)9-14(21)19-10-4-5-12-13(7-10)23-15(16,17)22-12;/h4-5,7,11,18H,2-3,6,8-9H2,1H3,(H,19,21);1H. The second kappa shape index (κ2) is 7.50. The number of anilines is 1. The van der Waals surface area contributed by atoms with Crippen molar-refractivity contribution in [2.75, 3.05) is 32.0 Å². The zero-order valence-corrected chi connectivity index (χ0v) is 14.0. The van der Waals surface area contributed by atoms with Crippen LogP contribution in [0.25, 0.3) is 0 Å². The molecule has 24 heavy (non-hydrogen) atoms. The number of fused-ring (bicyclic) bond motifs is 1. The molecule has 134 valence electrons. The SMILES string of the molecule is CNC1CCCN(CC(=O)Nc2ccc3c(c2)OC(F)(F)O3)C1.Cl. The van der Waals surface area contributed by atoms with E-state index in [1.165, 1.54) is 18.2 Å². The van der Waals surface area contributed by atoms with E-state index < -0.39 is 6.29 Å².